The van der Waals surface area contributed by atoms with Crippen molar-refractivity contribution in [3.63, 3.8) is 0 Å². The third kappa shape index (κ3) is 8.38. The van der Waals surface area contributed by atoms with Crippen molar-refractivity contribution < 1.29 is 37.4 Å². The molecule has 0 amide bonds. The SMILES string of the molecule is CC(C)Oc1ccc(/C(N)=N/OC(C)c2ccc(O[C@H](C)CC(C)C(=O)O)cc2)cc1C(F)(F)F. The molecule has 192 valence electrons. The largest absolute Gasteiger partial charge is 0.491 e. The molecule has 10 heteroatoms. The van der Waals surface area contributed by atoms with E-state index in [1.807, 2.05) is 0 Å². The fraction of sp³-hybridized carbons (Fsp3) is 0.440. The van der Waals surface area contributed by atoms with Gasteiger partial charge in [-0.3, -0.25) is 4.79 Å². The van der Waals surface area contributed by atoms with Crippen molar-refractivity contribution in [1.82, 2.24) is 0 Å². The lowest BCUT2D eigenvalue weighted by Crippen LogP contribution is -2.20. The number of ether oxygens (including phenoxy) is 2. The molecule has 0 saturated heterocycles. The first-order valence-electron chi connectivity index (χ1n) is 11.1. The van der Waals surface area contributed by atoms with Crippen LogP contribution in [-0.2, 0) is 15.8 Å². The molecule has 0 heterocycles. The van der Waals surface area contributed by atoms with Gasteiger partial charge in [0.2, 0.25) is 0 Å². The quantitative estimate of drug-likeness (QED) is 0.233. The first-order valence-corrected chi connectivity index (χ1v) is 11.1. The van der Waals surface area contributed by atoms with Gasteiger partial charge in [-0.15, -0.1) is 0 Å². The normalized spacial score (nSPS) is 14.8. The molecule has 2 aromatic rings. The second kappa shape index (κ2) is 11.8. The fourth-order valence-corrected chi connectivity index (χ4v) is 3.21. The number of aliphatic carboxylic acids is 1. The van der Waals surface area contributed by atoms with Gasteiger partial charge in [-0.05, 0) is 70.0 Å². The van der Waals surface area contributed by atoms with E-state index in [2.05, 4.69) is 5.16 Å². The number of hydrogen-bond acceptors (Lipinski definition) is 5. The molecular formula is C25H31F3N2O5. The minimum atomic E-state index is -4.62. The molecule has 0 aliphatic rings. The van der Waals surface area contributed by atoms with Crippen LogP contribution in [0.5, 0.6) is 11.5 Å². The second-order valence-electron chi connectivity index (χ2n) is 8.57. The van der Waals surface area contributed by atoms with Gasteiger partial charge < -0.3 is 25.2 Å². The molecule has 0 spiro atoms. The molecule has 2 aromatic carbocycles. The maximum atomic E-state index is 13.5. The monoisotopic (exact) mass is 496 g/mol. The van der Waals surface area contributed by atoms with E-state index in [1.165, 1.54) is 12.1 Å². The number of rotatable bonds is 11. The molecule has 0 saturated carbocycles. The van der Waals surface area contributed by atoms with Crippen LogP contribution in [0.1, 0.15) is 63.8 Å². The number of nitrogens with zero attached hydrogens (tertiary/aromatic N) is 1. The van der Waals surface area contributed by atoms with Crippen molar-refractivity contribution in [3.05, 3.63) is 59.2 Å². The van der Waals surface area contributed by atoms with Crippen LogP contribution in [0.15, 0.2) is 47.6 Å². The lowest BCUT2D eigenvalue weighted by atomic mass is 10.1. The third-order valence-corrected chi connectivity index (χ3v) is 5.05. The molecule has 0 radical (unpaired) electrons. The van der Waals surface area contributed by atoms with Gasteiger partial charge in [-0.2, -0.15) is 13.2 Å². The highest BCUT2D eigenvalue weighted by Gasteiger charge is 2.35. The zero-order chi connectivity index (χ0) is 26.3. The molecule has 2 rings (SSSR count). The van der Waals surface area contributed by atoms with Crippen LogP contribution in [-0.4, -0.2) is 29.1 Å². The summed E-state index contributed by atoms with van der Waals surface area (Å²) >= 11 is 0. The predicted molar refractivity (Wildman–Crippen MR) is 125 cm³/mol. The summed E-state index contributed by atoms with van der Waals surface area (Å²) in [4.78, 5) is 16.4. The Labute approximate surface area is 202 Å². The topological polar surface area (TPSA) is 103 Å². The maximum absolute atomic E-state index is 13.5. The number of carboxylic acid groups (broad SMARTS) is 1. The van der Waals surface area contributed by atoms with Crippen molar-refractivity contribution in [2.75, 3.05) is 0 Å². The Morgan fingerprint density at radius 1 is 1.03 bits per heavy atom. The summed E-state index contributed by atoms with van der Waals surface area (Å²) in [6.45, 7) is 8.40. The van der Waals surface area contributed by atoms with Gasteiger partial charge in [-0.25, -0.2) is 0 Å². The van der Waals surface area contributed by atoms with E-state index in [4.69, 9.17) is 25.2 Å². The number of hydrogen-bond donors (Lipinski definition) is 2. The number of halogens is 3. The number of carbonyl (C=O) groups is 1. The Kier molecular flexibility index (Phi) is 9.39. The van der Waals surface area contributed by atoms with Crippen molar-refractivity contribution >= 4 is 11.8 Å². The average molecular weight is 497 g/mol. The van der Waals surface area contributed by atoms with Crippen LogP contribution in [0.2, 0.25) is 0 Å². The van der Waals surface area contributed by atoms with Crippen molar-refractivity contribution in [2.24, 2.45) is 16.8 Å². The van der Waals surface area contributed by atoms with Crippen LogP contribution in [0.25, 0.3) is 0 Å². The van der Waals surface area contributed by atoms with Crippen LogP contribution < -0.4 is 15.2 Å². The van der Waals surface area contributed by atoms with Gasteiger partial charge in [0, 0.05) is 5.56 Å². The Balaban J connectivity index is 2.06. The Morgan fingerprint density at radius 3 is 2.20 bits per heavy atom. The zero-order valence-electron chi connectivity index (χ0n) is 20.3. The van der Waals surface area contributed by atoms with Gasteiger partial charge in [-0.1, -0.05) is 24.2 Å². The summed E-state index contributed by atoms with van der Waals surface area (Å²) in [5.41, 5.74) is 5.72. The van der Waals surface area contributed by atoms with Crippen molar-refractivity contribution in [1.29, 1.82) is 0 Å². The molecule has 0 aliphatic carbocycles. The van der Waals surface area contributed by atoms with Crippen molar-refractivity contribution in [3.8, 4) is 11.5 Å². The molecule has 0 fully saturated rings. The van der Waals surface area contributed by atoms with E-state index in [0.29, 0.717) is 12.2 Å². The highest BCUT2D eigenvalue weighted by Crippen LogP contribution is 2.37. The summed E-state index contributed by atoms with van der Waals surface area (Å²) in [5.74, 6) is -1.33. The van der Waals surface area contributed by atoms with Gasteiger partial charge in [0.15, 0.2) is 5.84 Å². The summed E-state index contributed by atoms with van der Waals surface area (Å²) < 4.78 is 51.4. The van der Waals surface area contributed by atoms with E-state index >= 15 is 0 Å². The van der Waals surface area contributed by atoms with E-state index in [9.17, 15) is 18.0 Å². The zero-order valence-corrected chi connectivity index (χ0v) is 20.3. The number of benzene rings is 2. The molecule has 3 atom stereocenters. The molecule has 0 aromatic heterocycles. The van der Waals surface area contributed by atoms with Gasteiger partial charge in [0.25, 0.3) is 0 Å². The van der Waals surface area contributed by atoms with Crippen molar-refractivity contribution in [2.45, 2.75) is 65.5 Å². The Morgan fingerprint density at radius 2 is 1.66 bits per heavy atom. The fourth-order valence-electron chi connectivity index (χ4n) is 3.21. The number of oxime groups is 1. The summed E-state index contributed by atoms with van der Waals surface area (Å²) in [5, 5.41) is 12.8. The first-order chi connectivity index (χ1) is 16.3. The van der Waals surface area contributed by atoms with Crippen LogP contribution in [0, 0.1) is 5.92 Å². The lowest BCUT2D eigenvalue weighted by molar-refractivity contribution is -0.142. The molecule has 3 N–H and O–H groups in total. The highest BCUT2D eigenvalue weighted by molar-refractivity contribution is 5.97. The van der Waals surface area contributed by atoms with Crippen LogP contribution >= 0.6 is 0 Å². The van der Waals surface area contributed by atoms with E-state index in [-0.39, 0.29) is 23.3 Å². The average Bonchev–Trinajstić information content (AvgIpc) is 2.76. The number of amidine groups is 1. The van der Waals surface area contributed by atoms with Gasteiger partial charge in [0.1, 0.15) is 17.6 Å². The molecule has 2 unspecified atom stereocenters. The summed E-state index contributed by atoms with van der Waals surface area (Å²) in [7, 11) is 0. The minimum Gasteiger partial charge on any atom is -0.491 e. The number of alkyl halides is 3. The molecule has 7 nitrogen and oxygen atoms in total. The van der Waals surface area contributed by atoms with E-state index in [1.54, 1.807) is 58.9 Å². The molecular weight excluding hydrogens is 465 g/mol. The van der Waals surface area contributed by atoms with Gasteiger partial charge in [0.05, 0.1) is 23.7 Å². The smallest absolute Gasteiger partial charge is 0.419 e. The number of carboxylic acids is 1. The molecule has 35 heavy (non-hydrogen) atoms. The molecule has 0 aliphatic heterocycles. The predicted octanol–water partition coefficient (Wildman–Crippen LogP) is 5.77. The number of nitrogens with two attached hydrogens (primary N) is 1. The second-order valence-corrected chi connectivity index (χ2v) is 8.57. The third-order valence-electron chi connectivity index (χ3n) is 5.05. The lowest BCUT2D eigenvalue weighted by Gasteiger charge is -2.18. The Hall–Kier alpha value is -3.43. The van der Waals surface area contributed by atoms with Crippen LogP contribution in [0.4, 0.5) is 13.2 Å². The van der Waals surface area contributed by atoms with Gasteiger partial charge >= 0.3 is 12.1 Å². The highest BCUT2D eigenvalue weighted by atomic mass is 19.4. The molecule has 0 bridgehead atoms. The van der Waals surface area contributed by atoms with Crippen LogP contribution in [0.3, 0.4) is 0 Å². The summed E-state index contributed by atoms with van der Waals surface area (Å²) in [6, 6.07) is 10.4. The maximum Gasteiger partial charge on any atom is 0.419 e. The standard InChI is InChI=1S/C25H31F3N2O5/c1-14(2)33-22-11-8-19(13-21(22)25(26,27)28)23(29)30-35-17(5)18-6-9-20(10-7-18)34-16(4)12-15(3)24(31)32/h6-11,13-17H,12H2,1-5H3,(H2,29,30)(H,31,32)/t15?,16-,17?/m1/s1. The minimum absolute atomic E-state index is 0.0500. The van der Waals surface area contributed by atoms with E-state index in [0.717, 1.165) is 11.6 Å². The first kappa shape index (κ1) is 27.8. The summed E-state index contributed by atoms with van der Waals surface area (Å²) in [6.07, 6.45) is -5.51. The van der Waals surface area contributed by atoms with E-state index < -0.39 is 35.8 Å². The Bertz CT molecular complexity index is 1020.